The van der Waals surface area contributed by atoms with Crippen LogP contribution >= 0.6 is 0 Å². The number of likely N-dealkylation sites (tertiary alicyclic amines) is 1. The van der Waals surface area contributed by atoms with Crippen molar-refractivity contribution in [2.45, 2.75) is 26.8 Å². The molecule has 1 aromatic heterocycles. The number of piperidine rings is 1. The number of carbonyl (C=O) groups is 1. The van der Waals surface area contributed by atoms with Gasteiger partial charge in [0, 0.05) is 37.6 Å². The lowest BCUT2D eigenvalue weighted by molar-refractivity contribution is 0.0623. The van der Waals surface area contributed by atoms with E-state index in [0.717, 1.165) is 25.2 Å². The maximum atomic E-state index is 12.6. The van der Waals surface area contributed by atoms with E-state index in [2.05, 4.69) is 18.8 Å². The van der Waals surface area contributed by atoms with Gasteiger partial charge in [0.2, 0.25) is 0 Å². The minimum absolute atomic E-state index is 0.160. The van der Waals surface area contributed by atoms with Crippen molar-refractivity contribution < 1.29 is 4.79 Å². The Bertz CT molecular complexity index is 608. The Hall–Kier alpha value is -2.10. The Morgan fingerprint density at radius 1 is 1.18 bits per heavy atom. The zero-order valence-corrected chi connectivity index (χ0v) is 13.3. The molecule has 2 unspecified atom stereocenters. The van der Waals surface area contributed by atoms with E-state index in [4.69, 9.17) is 0 Å². The summed E-state index contributed by atoms with van der Waals surface area (Å²) in [5.41, 5.74) is 1.96. The first-order chi connectivity index (χ1) is 10.6. The van der Waals surface area contributed by atoms with Gasteiger partial charge in [-0.05, 0) is 36.0 Å². The van der Waals surface area contributed by atoms with Crippen molar-refractivity contribution >= 4 is 5.91 Å². The van der Waals surface area contributed by atoms with E-state index in [0.29, 0.717) is 11.8 Å². The first kappa shape index (κ1) is 14.8. The molecule has 1 fully saturated rings. The number of imidazole rings is 1. The van der Waals surface area contributed by atoms with Gasteiger partial charge in [-0.15, -0.1) is 0 Å². The summed E-state index contributed by atoms with van der Waals surface area (Å²) in [7, 11) is 0. The van der Waals surface area contributed by atoms with Gasteiger partial charge in [0.1, 0.15) is 0 Å². The fourth-order valence-electron chi connectivity index (χ4n) is 3.36. The average molecular weight is 297 g/mol. The molecule has 0 bridgehead atoms. The van der Waals surface area contributed by atoms with Gasteiger partial charge in [-0.25, -0.2) is 4.98 Å². The molecule has 116 valence electrons. The molecule has 0 saturated carbocycles. The monoisotopic (exact) mass is 297 g/mol. The van der Waals surface area contributed by atoms with E-state index in [9.17, 15) is 4.79 Å². The standard InChI is InChI=1S/C18H23N3O/c1-14-9-15(2)11-21(10-14)18(22)17-5-3-16(4-6-17)12-20-8-7-19-13-20/h3-8,13-15H,9-12H2,1-2H3. The summed E-state index contributed by atoms with van der Waals surface area (Å²) in [5, 5.41) is 0. The second-order valence-electron chi connectivity index (χ2n) is 6.59. The summed E-state index contributed by atoms with van der Waals surface area (Å²) >= 11 is 0. The third-order valence-electron chi connectivity index (χ3n) is 4.28. The predicted octanol–water partition coefficient (Wildman–Crippen LogP) is 3.05. The summed E-state index contributed by atoms with van der Waals surface area (Å²) in [5.74, 6) is 1.34. The van der Waals surface area contributed by atoms with E-state index in [1.54, 1.807) is 12.5 Å². The Balaban J connectivity index is 1.68. The molecule has 2 aromatic rings. The fourth-order valence-corrected chi connectivity index (χ4v) is 3.36. The molecule has 0 spiro atoms. The summed E-state index contributed by atoms with van der Waals surface area (Å²) in [6.07, 6.45) is 6.73. The average Bonchev–Trinajstić information content (AvgIpc) is 2.99. The minimum Gasteiger partial charge on any atom is -0.338 e. The van der Waals surface area contributed by atoms with Gasteiger partial charge < -0.3 is 9.47 Å². The van der Waals surface area contributed by atoms with Crippen LogP contribution in [0.1, 0.15) is 36.2 Å². The van der Waals surface area contributed by atoms with Crippen molar-refractivity contribution in [2.24, 2.45) is 11.8 Å². The number of amides is 1. The quantitative estimate of drug-likeness (QED) is 0.873. The van der Waals surface area contributed by atoms with Crippen molar-refractivity contribution in [2.75, 3.05) is 13.1 Å². The second kappa shape index (κ2) is 6.34. The van der Waals surface area contributed by atoms with Crippen molar-refractivity contribution in [3.05, 3.63) is 54.1 Å². The molecule has 1 aromatic carbocycles. The molecule has 2 atom stereocenters. The largest absolute Gasteiger partial charge is 0.338 e. The number of nitrogens with zero attached hydrogens (tertiary/aromatic N) is 3. The molecule has 1 saturated heterocycles. The van der Waals surface area contributed by atoms with Crippen molar-refractivity contribution in [3.8, 4) is 0 Å². The van der Waals surface area contributed by atoms with E-state index >= 15 is 0 Å². The molecule has 0 radical (unpaired) electrons. The van der Waals surface area contributed by atoms with Gasteiger partial charge in [0.15, 0.2) is 0 Å². The van der Waals surface area contributed by atoms with Crippen LogP contribution in [0.2, 0.25) is 0 Å². The van der Waals surface area contributed by atoms with Gasteiger partial charge in [0.05, 0.1) is 6.33 Å². The van der Waals surface area contributed by atoms with E-state index < -0.39 is 0 Å². The molecule has 3 rings (SSSR count). The first-order valence-corrected chi connectivity index (χ1v) is 7.96. The molecule has 4 heteroatoms. The zero-order valence-electron chi connectivity index (χ0n) is 13.3. The number of hydrogen-bond acceptors (Lipinski definition) is 2. The topological polar surface area (TPSA) is 38.1 Å². The zero-order chi connectivity index (χ0) is 15.5. The molecule has 1 aliphatic rings. The van der Waals surface area contributed by atoms with Crippen LogP contribution in [0.3, 0.4) is 0 Å². The van der Waals surface area contributed by atoms with Gasteiger partial charge in [-0.2, -0.15) is 0 Å². The van der Waals surface area contributed by atoms with Gasteiger partial charge in [-0.1, -0.05) is 26.0 Å². The molecule has 1 amide bonds. The third kappa shape index (κ3) is 3.38. The predicted molar refractivity (Wildman–Crippen MR) is 86.6 cm³/mol. The van der Waals surface area contributed by atoms with Crippen LogP contribution in [0.15, 0.2) is 43.0 Å². The number of benzene rings is 1. The Morgan fingerprint density at radius 3 is 2.45 bits per heavy atom. The number of hydrogen-bond donors (Lipinski definition) is 0. The van der Waals surface area contributed by atoms with Crippen LogP contribution in [0.25, 0.3) is 0 Å². The lowest BCUT2D eigenvalue weighted by atomic mass is 9.91. The highest BCUT2D eigenvalue weighted by Gasteiger charge is 2.25. The normalized spacial score (nSPS) is 21.8. The summed E-state index contributed by atoms with van der Waals surface area (Å²) in [4.78, 5) is 18.7. The number of rotatable bonds is 3. The smallest absolute Gasteiger partial charge is 0.253 e. The van der Waals surface area contributed by atoms with Crippen LogP contribution in [0.4, 0.5) is 0 Å². The SMILES string of the molecule is CC1CC(C)CN(C(=O)c2ccc(Cn3ccnc3)cc2)C1. The van der Waals surface area contributed by atoms with Gasteiger partial charge >= 0.3 is 0 Å². The molecular weight excluding hydrogens is 274 g/mol. The van der Waals surface area contributed by atoms with E-state index in [1.807, 2.05) is 39.9 Å². The summed E-state index contributed by atoms with van der Waals surface area (Å²) in [6.45, 7) is 6.99. The molecule has 2 heterocycles. The second-order valence-corrected chi connectivity index (χ2v) is 6.59. The fraction of sp³-hybridized carbons (Fsp3) is 0.444. The molecular formula is C18H23N3O. The Labute approximate surface area is 131 Å². The molecule has 0 N–H and O–H groups in total. The Morgan fingerprint density at radius 2 is 1.86 bits per heavy atom. The maximum Gasteiger partial charge on any atom is 0.253 e. The highest BCUT2D eigenvalue weighted by atomic mass is 16.2. The van der Waals surface area contributed by atoms with Crippen LogP contribution in [0.5, 0.6) is 0 Å². The highest BCUT2D eigenvalue weighted by molar-refractivity contribution is 5.94. The first-order valence-electron chi connectivity index (χ1n) is 7.96. The number of carbonyl (C=O) groups excluding carboxylic acids is 1. The lowest BCUT2D eigenvalue weighted by Gasteiger charge is -2.35. The minimum atomic E-state index is 0.160. The van der Waals surface area contributed by atoms with Crippen molar-refractivity contribution in [1.29, 1.82) is 0 Å². The van der Waals surface area contributed by atoms with Crippen LogP contribution in [-0.4, -0.2) is 33.4 Å². The summed E-state index contributed by atoms with van der Waals surface area (Å²) < 4.78 is 2.02. The summed E-state index contributed by atoms with van der Waals surface area (Å²) in [6, 6.07) is 7.95. The third-order valence-corrected chi connectivity index (χ3v) is 4.28. The Kier molecular flexibility index (Phi) is 4.27. The maximum absolute atomic E-state index is 12.6. The molecule has 0 aliphatic carbocycles. The van der Waals surface area contributed by atoms with Crippen LogP contribution in [0, 0.1) is 11.8 Å². The molecule has 1 aliphatic heterocycles. The van der Waals surface area contributed by atoms with E-state index in [1.165, 1.54) is 12.0 Å². The number of aromatic nitrogens is 2. The van der Waals surface area contributed by atoms with E-state index in [-0.39, 0.29) is 5.91 Å². The van der Waals surface area contributed by atoms with Crippen LogP contribution in [-0.2, 0) is 6.54 Å². The van der Waals surface area contributed by atoms with Crippen LogP contribution < -0.4 is 0 Å². The van der Waals surface area contributed by atoms with Gasteiger partial charge in [-0.3, -0.25) is 4.79 Å². The lowest BCUT2D eigenvalue weighted by Crippen LogP contribution is -2.42. The van der Waals surface area contributed by atoms with Gasteiger partial charge in [0.25, 0.3) is 5.91 Å². The van der Waals surface area contributed by atoms with Crippen molar-refractivity contribution in [1.82, 2.24) is 14.5 Å². The van der Waals surface area contributed by atoms with Crippen molar-refractivity contribution in [3.63, 3.8) is 0 Å². The molecule has 4 nitrogen and oxygen atoms in total. The molecule has 22 heavy (non-hydrogen) atoms. The highest BCUT2D eigenvalue weighted by Crippen LogP contribution is 2.22.